The Morgan fingerprint density at radius 1 is 1.14 bits per heavy atom. The Bertz CT molecular complexity index is 941. The van der Waals surface area contributed by atoms with Crippen LogP contribution in [0.4, 0.5) is 0 Å². The molecule has 1 aliphatic carbocycles. The summed E-state index contributed by atoms with van der Waals surface area (Å²) >= 11 is 0. The molecule has 0 spiro atoms. The SMILES string of the molecule is O=C(Cn1c(=O)oc2ccccc21)NC1CCC(C(=O)N2CCC[C@H]2CO)CC1. The Balaban J connectivity index is 1.30. The van der Waals surface area contributed by atoms with E-state index in [-0.39, 0.29) is 43.0 Å². The van der Waals surface area contributed by atoms with E-state index < -0.39 is 5.76 Å². The number of likely N-dealkylation sites (tertiary alicyclic amines) is 1. The van der Waals surface area contributed by atoms with Crippen molar-refractivity contribution in [3.05, 3.63) is 34.8 Å². The largest absolute Gasteiger partial charge is 0.420 e. The minimum atomic E-state index is -0.542. The third-order valence-electron chi connectivity index (χ3n) is 6.19. The molecule has 1 saturated carbocycles. The van der Waals surface area contributed by atoms with Gasteiger partial charge in [-0.2, -0.15) is 0 Å². The van der Waals surface area contributed by atoms with Crippen molar-refractivity contribution in [3.8, 4) is 0 Å². The summed E-state index contributed by atoms with van der Waals surface area (Å²) in [5.74, 6) is -0.661. The minimum absolute atomic E-state index is 0.00707. The lowest BCUT2D eigenvalue weighted by molar-refractivity contribution is -0.138. The lowest BCUT2D eigenvalue weighted by Gasteiger charge is -2.32. The van der Waals surface area contributed by atoms with Crippen LogP contribution in [0.15, 0.2) is 33.5 Å². The molecule has 2 heterocycles. The number of aliphatic hydroxyl groups excluding tert-OH is 1. The van der Waals surface area contributed by atoms with Gasteiger partial charge in [0, 0.05) is 18.5 Å². The van der Waals surface area contributed by atoms with Crippen LogP contribution in [-0.2, 0) is 16.1 Å². The zero-order valence-corrected chi connectivity index (χ0v) is 16.4. The summed E-state index contributed by atoms with van der Waals surface area (Å²) in [6.07, 6.45) is 4.75. The molecule has 8 heteroatoms. The van der Waals surface area contributed by atoms with E-state index in [9.17, 15) is 19.5 Å². The van der Waals surface area contributed by atoms with Gasteiger partial charge < -0.3 is 19.7 Å². The maximum absolute atomic E-state index is 12.8. The highest BCUT2D eigenvalue weighted by Gasteiger charge is 2.35. The molecule has 29 heavy (non-hydrogen) atoms. The summed E-state index contributed by atoms with van der Waals surface area (Å²) in [6, 6.07) is 7.00. The van der Waals surface area contributed by atoms with Crippen molar-refractivity contribution in [1.82, 2.24) is 14.8 Å². The van der Waals surface area contributed by atoms with Crippen LogP contribution < -0.4 is 11.1 Å². The number of rotatable bonds is 5. The number of para-hydroxylation sites is 2. The molecule has 2 aromatic rings. The second-order valence-corrected chi connectivity index (χ2v) is 8.05. The lowest BCUT2D eigenvalue weighted by Crippen LogP contribution is -2.45. The Kier molecular flexibility index (Phi) is 5.71. The Hall–Kier alpha value is -2.61. The second kappa shape index (κ2) is 8.41. The number of benzene rings is 1. The summed E-state index contributed by atoms with van der Waals surface area (Å²) in [6.45, 7) is 0.675. The molecular formula is C21H27N3O5. The molecule has 1 saturated heterocycles. The first kappa shape index (κ1) is 19.7. The Labute approximate surface area is 168 Å². The highest BCUT2D eigenvalue weighted by Crippen LogP contribution is 2.29. The van der Waals surface area contributed by atoms with Crippen molar-refractivity contribution in [2.45, 2.75) is 57.2 Å². The van der Waals surface area contributed by atoms with Crippen LogP contribution in [0.25, 0.3) is 11.1 Å². The molecule has 1 atom stereocenters. The fraction of sp³-hybridized carbons (Fsp3) is 0.571. The minimum Gasteiger partial charge on any atom is -0.408 e. The van der Waals surface area contributed by atoms with Gasteiger partial charge in [-0.15, -0.1) is 0 Å². The van der Waals surface area contributed by atoms with Crippen molar-refractivity contribution in [2.24, 2.45) is 5.92 Å². The van der Waals surface area contributed by atoms with Crippen LogP contribution in [0.5, 0.6) is 0 Å². The Morgan fingerprint density at radius 3 is 2.66 bits per heavy atom. The Morgan fingerprint density at radius 2 is 1.90 bits per heavy atom. The van der Waals surface area contributed by atoms with Gasteiger partial charge in [-0.1, -0.05) is 12.1 Å². The van der Waals surface area contributed by atoms with Crippen LogP contribution in [0, 0.1) is 5.92 Å². The van der Waals surface area contributed by atoms with E-state index in [1.54, 1.807) is 24.3 Å². The van der Waals surface area contributed by atoms with Crippen LogP contribution in [-0.4, -0.2) is 51.6 Å². The number of nitrogens with one attached hydrogen (secondary N) is 1. The van der Waals surface area contributed by atoms with E-state index >= 15 is 0 Å². The fourth-order valence-electron chi connectivity index (χ4n) is 4.62. The number of aromatic nitrogens is 1. The van der Waals surface area contributed by atoms with Gasteiger partial charge in [-0.3, -0.25) is 14.2 Å². The summed E-state index contributed by atoms with van der Waals surface area (Å²) in [5.41, 5.74) is 1.07. The number of fused-ring (bicyclic) bond motifs is 1. The maximum atomic E-state index is 12.8. The van der Waals surface area contributed by atoms with Crippen molar-refractivity contribution < 1.29 is 19.1 Å². The smallest absolute Gasteiger partial charge is 0.408 e. The van der Waals surface area contributed by atoms with E-state index in [1.807, 2.05) is 4.90 Å². The number of hydrogen-bond acceptors (Lipinski definition) is 5. The van der Waals surface area contributed by atoms with Gasteiger partial charge in [0.25, 0.3) is 0 Å². The number of aliphatic hydroxyl groups is 1. The molecule has 2 aliphatic rings. The van der Waals surface area contributed by atoms with Crippen LogP contribution >= 0.6 is 0 Å². The third-order valence-corrected chi connectivity index (χ3v) is 6.19. The van der Waals surface area contributed by atoms with Gasteiger partial charge in [0.15, 0.2) is 5.58 Å². The normalized spacial score (nSPS) is 24.7. The highest BCUT2D eigenvalue weighted by atomic mass is 16.4. The van der Waals surface area contributed by atoms with E-state index in [0.717, 1.165) is 45.1 Å². The molecule has 1 aliphatic heterocycles. The second-order valence-electron chi connectivity index (χ2n) is 8.05. The quantitative estimate of drug-likeness (QED) is 0.785. The number of nitrogens with zero attached hydrogens (tertiary/aromatic N) is 2. The van der Waals surface area contributed by atoms with Gasteiger partial charge in [-0.05, 0) is 50.7 Å². The molecule has 1 aromatic carbocycles. The first-order chi connectivity index (χ1) is 14.1. The molecule has 8 nitrogen and oxygen atoms in total. The van der Waals surface area contributed by atoms with E-state index in [4.69, 9.17) is 4.42 Å². The predicted molar refractivity (Wildman–Crippen MR) is 106 cm³/mol. The molecule has 1 aromatic heterocycles. The first-order valence-corrected chi connectivity index (χ1v) is 10.4. The van der Waals surface area contributed by atoms with Gasteiger partial charge in [0.1, 0.15) is 6.54 Å². The summed E-state index contributed by atoms with van der Waals surface area (Å²) < 4.78 is 6.50. The van der Waals surface area contributed by atoms with Crippen LogP contribution in [0.1, 0.15) is 38.5 Å². The number of oxazole rings is 1. The van der Waals surface area contributed by atoms with E-state index in [0.29, 0.717) is 11.1 Å². The molecule has 4 rings (SSSR count). The first-order valence-electron chi connectivity index (χ1n) is 10.4. The topological polar surface area (TPSA) is 105 Å². The highest BCUT2D eigenvalue weighted by molar-refractivity contribution is 5.80. The molecule has 2 amide bonds. The average Bonchev–Trinajstić information content (AvgIpc) is 3.32. The zero-order chi connectivity index (χ0) is 20.4. The fourth-order valence-corrected chi connectivity index (χ4v) is 4.62. The van der Waals surface area contributed by atoms with Gasteiger partial charge >= 0.3 is 5.76 Å². The summed E-state index contributed by atoms with van der Waals surface area (Å²) in [5, 5.41) is 12.4. The number of carbonyl (C=O) groups excluding carboxylic acids is 2. The van der Waals surface area contributed by atoms with Crippen molar-refractivity contribution >= 4 is 22.9 Å². The van der Waals surface area contributed by atoms with E-state index in [2.05, 4.69) is 5.32 Å². The standard InChI is InChI=1S/C21H27N3O5/c25-13-16-4-3-11-23(16)20(27)14-7-9-15(10-8-14)22-19(26)12-24-17-5-1-2-6-18(17)29-21(24)28/h1-2,5-6,14-16,25H,3-4,7-13H2,(H,22,26)/t14?,15?,16-/m0/s1. The van der Waals surface area contributed by atoms with Crippen LogP contribution in [0.2, 0.25) is 0 Å². The molecular weight excluding hydrogens is 374 g/mol. The van der Waals surface area contributed by atoms with Crippen LogP contribution in [0.3, 0.4) is 0 Å². The summed E-state index contributed by atoms with van der Waals surface area (Å²) in [7, 11) is 0. The van der Waals surface area contributed by atoms with Gasteiger partial charge in [0.05, 0.1) is 18.2 Å². The van der Waals surface area contributed by atoms with Crippen molar-refractivity contribution in [1.29, 1.82) is 0 Å². The molecule has 156 valence electrons. The van der Waals surface area contributed by atoms with Gasteiger partial charge in [0.2, 0.25) is 11.8 Å². The monoisotopic (exact) mass is 401 g/mol. The number of carbonyl (C=O) groups is 2. The molecule has 0 radical (unpaired) electrons. The molecule has 0 bridgehead atoms. The number of amides is 2. The van der Waals surface area contributed by atoms with Gasteiger partial charge in [-0.25, -0.2) is 4.79 Å². The predicted octanol–water partition coefficient (Wildman–Crippen LogP) is 1.25. The maximum Gasteiger partial charge on any atom is 0.420 e. The third kappa shape index (κ3) is 4.07. The van der Waals surface area contributed by atoms with Crippen molar-refractivity contribution in [3.63, 3.8) is 0 Å². The molecule has 0 unspecified atom stereocenters. The lowest BCUT2D eigenvalue weighted by atomic mass is 9.85. The average molecular weight is 401 g/mol. The van der Waals surface area contributed by atoms with E-state index in [1.165, 1.54) is 4.57 Å². The number of hydrogen-bond donors (Lipinski definition) is 2. The molecule has 2 fully saturated rings. The van der Waals surface area contributed by atoms with Crippen molar-refractivity contribution in [2.75, 3.05) is 13.2 Å². The zero-order valence-electron chi connectivity index (χ0n) is 16.4. The summed E-state index contributed by atoms with van der Waals surface area (Å²) in [4.78, 5) is 39.1. The molecule has 2 N–H and O–H groups in total.